The molecule has 0 saturated carbocycles. The van der Waals surface area contributed by atoms with Gasteiger partial charge in [-0.3, -0.25) is 19.2 Å². The van der Waals surface area contributed by atoms with Gasteiger partial charge in [-0.15, -0.1) is 0 Å². The molecule has 5 rings (SSSR count). The Morgan fingerprint density at radius 3 is 2.57 bits per heavy atom. The molecule has 0 bridgehead atoms. The smallest absolute Gasteiger partial charge is 0.258 e. The summed E-state index contributed by atoms with van der Waals surface area (Å²) in [6.07, 6.45) is 1.36. The zero-order chi connectivity index (χ0) is 35.1. The number of carbonyl (C=O) groups is 4. The minimum Gasteiger partial charge on any atom is -0.491 e. The molecule has 12 heteroatoms. The Balaban J connectivity index is 1.34. The SMILES string of the molecule is CN(C)CCNC(=O)C1CCC(=O)N(C)CC(=O)N2CC(NCCc3cccc4ccccc34)CC2COc2ccc(F)cc2C(=O)N1C. The predicted octanol–water partition coefficient (Wildman–Crippen LogP) is 2.53. The maximum atomic E-state index is 14.5. The summed E-state index contributed by atoms with van der Waals surface area (Å²) in [7, 11) is 6.79. The van der Waals surface area contributed by atoms with Gasteiger partial charge in [0, 0.05) is 46.2 Å². The van der Waals surface area contributed by atoms with E-state index in [1.54, 1.807) is 11.9 Å². The first-order chi connectivity index (χ1) is 23.5. The predicted molar refractivity (Wildman–Crippen MR) is 186 cm³/mol. The van der Waals surface area contributed by atoms with E-state index in [4.69, 9.17) is 4.74 Å². The van der Waals surface area contributed by atoms with Gasteiger partial charge in [0.1, 0.15) is 24.2 Å². The molecule has 0 spiro atoms. The lowest BCUT2D eigenvalue weighted by Gasteiger charge is -2.28. The first-order valence-electron chi connectivity index (χ1n) is 16.9. The average Bonchev–Trinajstić information content (AvgIpc) is 3.49. The van der Waals surface area contributed by atoms with Crippen molar-refractivity contribution in [2.45, 2.75) is 43.8 Å². The first-order valence-corrected chi connectivity index (χ1v) is 16.9. The van der Waals surface area contributed by atoms with Crippen molar-refractivity contribution < 1.29 is 28.3 Å². The minimum absolute atomic E-state index is 0.0142. The van der Waals surface area contributed by atoms with Gasteiger partial charge in [0.25, 0.3) is 5.91 Å². The molecular weight excluding hydrogens is 627 g/mol. The standard InChI is InChI=1S/C37H47FN6O5/c1-41(2)19-18-40-36(47)32-13-15-34(45)42(3)23-35(46)44-22-28(39-17-16-26-10-7-9-25-8-5-6-11-30(25)26)21-29(44)24-49-33-14-12-27(38)20-31(33)37(48)43(32)4/h5-12,14,20,28-29,32,39H,13,15-19,21-24H2,1-4H3,(H,40,47). The summed E-state index contributed by atoms with van der Waals surface area (Å²) in [4.78, 5) is 60.3. The second kappa shape index (κ2) is 16.2. The summed E-state index contributed by atoms with van der Waals surface area (Å²) in [6, 6.07) is 16.9. The topological polar surface area (TPSA) is 115 Å². The first kappa shape index (κ1) is 35.7. The molecule has 2 aliphatic heterocycles. The van der Waals surface area contributed by atoms with Crippen LogP contribution in [0.1, 0.15) is 35.2 Å². The average molecular weight is 675 g/mol. The Hall–Kier alpha value is -4.55. The van der Waals surface area contributed by atoms with Crippen molar-refractivity contribution in [2.75, 3.05) is 67.5 Å². The van der Waals surface area contributed by atoms with Crippen molar-refractivity contribution in [3.63, 3.8) is 0 Å². The lowest BCUT2D eigenvalue weighted by Crippen LogP contribution is -2.49. The van der Waals surface area contributed by atoms with Gasteiger partial charge in [0.2, 0.25) is 17.7 Å². The highest BCUT2D eigenvalue weighted by Gasteiger charge is 2.37. The van der Waals surface area contributed by atoms with Gasteiger partial charge in [-0.25, -0.2) is 4.39 Å². The molecule has 3 aromatic rings. The number of amides is 4. The number of carbonyl (C=O) groups excluding carboxylic acids is 4. The molecule has 262 valence electrons. The van der Waals surface area contributed by atoms with E-state index in [1.807, 2.05) is 31.1 Å². The molecule has 0 radical (unpaired) electrons. The molecule has 2 N–H and O–H groups in total. The van der Waals surface area contributed by atoms with Gasteiger partial charge in [0.05, 0.1) is 18.2 Å². The van der Waals surface area contributed by atoms with Gasteiger partial charge in [-0.05, 0) is 74.4 Å². The summed E-state index contributed by atoms with van der Waals surface area (Å²) < 4.78 is 20.7. The van der Waals surface area contributed by atoms with Crippen molar-refractivity contribution >= 4 is 34.4 Å². The monoisotopic (exact) mass is 674 g/mol. The van der Waals surface area contributed by atoms with E-state index in [-0.39, 0.29) is 61.2 Å². The molecular formula is C37H47FN6O5. The Labute approximate surface area is 287 Å². The molecule has 2 aliphatic rings. The fourth-order valence-corrected chi connectivity index (χ4v) is 6.62. The maximum Gasteiger partial charge on any atom is 0.258 e. The van der Waals surface area contributed by atoms with Crippen LogP contribution in [0.15, 0.2) is 60.7 Å². The van der Waals surface area contributed by atoms with Crippen LogP contribution in [0.2, 0.25) is 0 Å². The third-order valence-corrected chi connectivity index (χ3v) is 9.42. The maximum absolute atomic E-state index is 14.5. The van der Waals surface area contributed by atoms with Crippen LogP contribution in [-0.2, 0) is 20.8 Å². The molecule has 3 unspecified atom stereocenters. The number of likely N-dealkylation sites (N-methyl/N-ethyl adjacent to an activating group) is 3. The number of nitrogens with one attached hydrogen (secondary N) is 2. The summed E-state index contributed by atoms with van der Waals surface area (Å²) in [5.41, 5.74) is 1.21. The fraction of sp³-hybridized carbons (Fsp3) is 0.459. The number of hydrogen-bond donors (Lipinski definition) is 2. The summed E-state index contributed by atoms with van der Waals surface area (Å²) in [5, 5.41) is 8.86. The van der Waals surface area contributed by atoms with E-state index in [9.17, 15) is 23.6 Å². The van der Waals surface area contributed by atoms with Crippen LogP contribution in [0.25, 0.3) is 10.8 Å². The zero-order valence-corrected chi connectivity index (χ0v) is 28.8. The van der Waals surface area contributed by atoms with Crippen LogP contribution >= 0.6 is 0 Å². The lowest BCUT2D eigenvalue weighted by atomic mass is 10.0. The number of nitrogens with zero attached hydrogens (tertiary/aromatic N) is 4. The van der Waals surface area contributed by atoms with Crippen LogP contribution in [0, 0.1) is 5.82 Å². The van der Waals surface area contributed by atoms with Crippen LogP contribution < -0.4 is 15.4 Å². The van der Waals surface area contributed by atoms with Crippen LogP contribution in [-0.4, -0.2) is 129 Å². The molecule has 4 amide bonds. The molecule has 3 aromatic carbocycles. The van der Waals surface area contributed by atoms with Crippen molar-refractivity contribution in [1.29, 1.82) is 0 Å². The number of fused-ring (bicyclic) bond motifs is 3. The Morgan fingerprint density at radius 2 is 1.78 bits per heavy atom. The number of rotatable bonds is 8. The van der Waals surface area contributed by atoms with Gasteiger partial charge in [-0.1, -0.05) is 42.5 Å². The van der Waals surface area contributed by atoms with Gasteiger partial charge >= 0.3 is 0 Å². The molecule has 2 heterocycles. The zero-order valence-electron chi connectivity index (χ0n) is 28.8. The molecule has 49 heavy (non-hydrogen) atoms. The Morgan fingerprint density at radius 1 is 1.00 bits per heavy atom. The largest absolute Gasteiger partial charge is 0.491 e. The summed E-state index contributed by atoms with van der Waals surface area (Å²) in [6.45, 7) is 2.00. The highest BCUT2D eigenvalue weighted by atomic mass is 19.1. The van der Waals surface area contributed by atoms with E-state index in [0.717, 1.165) is 12.5 Å². The van der Waals surface area contributed by atoms with Crippen molar-refractivity contribution in [1.82, 2.24) is 30.2 Å². The Kier molecular flexibility index (Phi) is 11.8. The Bertz CT molecular complexity index is 1660. The van der Waals surface area contributed by atoms with Crippen molar-refractivity contribution in [3.05, 3.63) is 77.6 Å². The second-order valence-electron chi connectivity index (χ2n) is 13.2. The third-order valence-electron chi connectivity index (χ3n) is 9.42. The van der Waals surface area contributed by atoms with Crippen molar-refractivity contribution in [3.8, 4) is 5.75 Å². The van der Waals surface area contributed by atoms with Crippen LogP contribution in [0.5, 0.6) is 5.75 Å². The summed E-state index contributed by atoms with van der Waals surface area (Å²) in [5.74, 6) is -2.04. The lowest BCUT2D eigenvalue weighted by molar-refractivity contribution is -0.140. The van der Waals surface area contributed by atoms with Crippen LogP contribution in [0.4, 0.5) is 4.39 Å². The summed E-state index contributed by atoms with van der Waals surface area (Å²) >= 11 is 0. The highest BCUT2D eigenvalue weighted by molar-refractivity contribution is 5.99. The number of hydrogen-bond acceptors (Lipinski definition) is 7. The number of halogens is 1. The minimum atomic E-state index is -1.01. The second-order valence-corrected chi connectivity index (χ2v) is 13.2. The van der Waals surface area contributed by atoms with E-state index in [1.165, 1.54) is 45.3 Å². The highest BCUT2D eigenvalue weighted by Crippen LogP contribution is 2.26. The van der Waals surface area contributed by atoms with Gasteiger partial charge in [0.15, 0.2) is 0 Å². The molecule has 0 aliphatic carbocycles. The van der Waals surface area contributed by atoms with E-state index in [0.29, 0.717) is 32.6 Å². The van der Waals surface area contributed by atoms with Gasteiger partial charge < -0.3 is 35.0 Å². The van der Waals surface area contributed by atoms with Crippen LogP contribution in [0.3, 0.4) is 0 Å². The normalized spacial score (nSPS) is 20.9. The number of benzene rings is 3. The molecule has 3 atom stereocenters. The van der Waals surface area contributed by atoms with E-state index >= 15 is 0 Å². The third kappa shape index (κ3) is 8.93. The molecule has 1 saturated heterocycles. The fourth-order valence-electron chi connectivity index (χ4n) is 6.62. The molecule has 1 fully saturated rings. The van der Waals surface area contributed by atoms with Gasteiger partial charge in [-0.2, -0.15) is 0 Å². The molecule has 11 nitrogen and oxygen atoms in total. The quantitative estimate of drug-likeness (QED) is 0.378. The van der Waals surface area contributed by atoms with E-state index < -0.39 is 23.7 Å². The number of ether oxygens (including phenoxy) is 1. The van der Waals surface area contributed by atoms with Crippen molar-refractivity contribution in [2.24, 2.45) is 0 Å². The van der Waals surface area contributed by atoms with E-state index in [2.05, 4.69) is 41.0 Å². The molecule has 0 aromatic heterocycles.